The van der Waals surface area contributed by atoms with Gasteiger partial charge in [-0.1, -0.05) is 12.1 Å². The molecule has 3 rings (SSSR count). The summed E-state index contributed by atoms with van der Waals surface area (Å²) in [5.41, 5.74) is 0.818. The minimum atomic E-state index is -0.897. The van der Waals surface area contributed by atoms with E-state index >= 15 is 0 Å². The van der Waals surface area contributed by atoms with Crippen LogP contribution < -0.4 is 5.32 Å². The Kier molecular flexibility index (Phi) is 5.33. The zero-order valence-electron chi connectivity index (χ0n) is 13.4. The van der Waals surface area contributed by atoms with Gasteiger partial charge in [-0.2, -0.15) is 0 Å². The number of anilines is 1. The van der Waals surface area contributed by atoms with Crippen LogP contribution in [0.5, 0.6) is 0 Å². The van der Waals surface area contributed by atoms with Crippen molar-refractivity contribution in [2.45, 2.75) is 12.8 Å². The smallest absolute Gasteiger partial charge is 0.294 e. The SMILES string of the molecule is O=C(CC(=O)c1ccc(Cc2ccc(F)cc2)o1)C(=O)Nc1nccs1. The van der Waals surface area contributed by atoms with Crippen LogP contribution in [-0.4, -0.2) is 22.5 Å². The number of hydrogen-bond donors (Lipinski definition) is 1. The molecule has 0 spiro atoms. The lowest BCUT2D eigenvalue weighted by Gasteiger charge is -2.00. The lowest BCUT2D eigenvalue weighted by atomic mass is 10.1. The number of benzene rings is 1. The summed E-state index contributed by atoms with van der Waals surface area (Å²) in [6.45, 7) is 0. The van der Waals surface area contributed by atoms with Gasteiger partial charge >= 0.3 is 0 Å². The van der Waals surface area contributed by atoms with Gasteiger partial charge in [0.25, 0.3) is 5.91 Å². The third-order valence-corrected chi connectivity index (χ3v) is 4.14. The molecule has 0 radical (unpaired) electrons. The molecule has 0 unspecified atom stereocenters. The number of aromatic nitrogens is 1. The molecule has 2 heterocycles. The summed E-state index contributed by atoms with van der Waals surface area (Å²) in [7, 11) is 0. The molecular weight excluding hydrogens is 359 g/mol. The molecule has 8 heteroatoms. The van der Waals surface area contributed by atoms with E-state index in [-0.39, 0.29) is 16.7 Å². The van der Waals surface area contributed by atoms with Gasteiger partial charge in [0, 0.05) is 18.0 Å². The second-order valence-corrected chi connectivity index (χ2v) is 6.28. The highest BCUT2D eigenvalue weighted by molar-refractivity contribution is 7.13. The van der Waals surface area contributed by atoms with Crippen molar-refractivity contribution in [1.29, 1.82) is 0 Å². The number of hydrogen-bond acceptors (Lipinski definition) is 6. The van der Waals surface area contributed by atoms with E-state index in [4.69, 9.17) is 4.42 Å². The monoisotopic (exact) mass is 372 g/mol. The van der Waals surface area contributed by atoms with Gasteiger partial charge in [-0.25, -0.2) is 9.37 Å². The van der Waals surface area contributed by atoms with Gasteiger partial charge < -0.3 is 4.42 Å². The molecule has 0 fully saturated rings. The Bertz CT molecular complexity index is 933. The van der Waals surface area contributed by atoms with Crippen LogP contribution >= 0.6 is 11.3 Å². The van der Waals surface area contributed by atoms with Gasteiger partial charge in [-0.05, 0) is 29.8 Å². The van der Waals surface area contributed by atoms with Gasteiger partial charge in [0.2, 0.25) is 11.6 Å². The van der Waals surface area contributed by atoms with Crippen molar-refractivity contribution in [3.8, 4) is 0 Å². The Morgan fingerprint density at radius 3 is 2.58 bits per heavy atom. The summed E-state index contributed by atoms with van der Waals surface area (Å²) in [6.07, 6.45) is 1.27. The van der Waals surface area contributed by atoms with Crippen molar-refractivity contribution < 1.29 is 23.2 Å². The molecule has 0 atom stereocenters. The number of nitrogens with one attached hydrogen (secondary N) is 1. The number of carbonyl (C=O) groups is 3. The van der Waals surface area contributed by atoms with Crippen LogP contribution in [0, 0.1) is 5.82 Å². The largest absolute Gasteiger partial charge is 0.458 e. The highest BCUT2D eigenvalue weighted by Gasteiger charge is 2.21. The fourth-order valence-electron chi connectivity index (χ4n) is 2.19. The van der Waals surface area contributed by atoms with Crippen LogP contribution in [-0.2, 0) is 16.0 Å². The lowest BCUT2D eigenvalue weighted by Crippen LogP contribution is -2.24. The van der Waals surface area contributed by atoms with E-state index in [9.17, 15) is 18.8 Å². The van der Waals surface area contributed by atoms with Crippen LogP contribution in [0.3, 0.4) is 0 Å². The van der Waals surface area contributed by atoms with Crippen molar-refractivity contribution in [2.75, 3.05) is 5.32 Å². The quantitative estimate of drug-likeness (QED) is 0.391. The van der Waals surface area contributed by atoms with Crippen molar-refractivity contribution in [3.63, 3.8) is 0 Å². The van der Waals surface area contributed by atoms with E-state index in [0.29, 0.717) is 12.2 Å². The molecule has 26 heavy (non-hydrogen) atoms. The minimum Gasteiger partial charge on any atom is -0.458 e. The van der Waals surface area contributed by atoms with Gasteiger partial charge in [0.15, 0.2) is 10.9 Å². The number of ketones is 2. The molecule has 2 aromatic heterocycles. The molecule has 132 valence electrons. The van der Waals surface area contributed by atoms with Crippen molar-refractivity contribution in [1.82, 2.24) is 4.98 Å². The predicted octanol–water partition coefficient (Wildman–Crippen LogP) is 3.25. The van der Waals surface area contributed by atoms with Gasteiger partial charge in [-0.15, -0.1) is 11.3 Å². The Morgan fingerprint density at radius 1 is 1.12 bits per heavy atom. The maximum Gasteiger partial charge on any atom is 0.294 e. The predicted molar refractivity (Wildman–Crippen MR) is 92.6 cm³/mol. The first-order chi connectivity index (χ1) is 12.5. The van der Waals surface area contributed by atoms with Gasteiger partial charge in [-0.3, -0.25) is 19.7 Å². The fourth-order valence-corrected chi connectivity index (χ4v) is 2.72. The first-order valence-corrected chi connectivity index (χ1v) is 8.49. The molecule has 1 aromatic carbocycles. The molecule has 1 N–H and O–H groups in total. The first kappa shape index (κ1) is 17.7. The Labute approximate surface area is 151 Å². The minimum absolute atomic E-state index is 0.00231. The summed E-state index contributed by atoms with van der Waals surface area (Å²) in [6, 6.07) is 8.97. The average Bonchev–Trinajstić information content (AvgIpc) is 3.29. The number of Topliss-reactive ketones (excluding diaryl/α,β-unsaturated/α-hetero) is 2. The number of halogens is 1. The molecule has 0 aliphatic rings. The molecule has 0 aliphatic heterocycles. The number of nitrogens with zero attached hydrogens (tertiary/aromatic N) is 1. The van der Waals surface area contributed by atoms with Crippen LogP contribution in [0.15, 0.2) is 52.4 Å². The normalized spacial score (nSPS) is 10.5. The molecule has 6 nitrogen and oxygen atoms in total. The lowest BCUT2D eigenvalue weighted by molar-refractivity contribution is -0.134. The average molecular weight is 372 g/mol. The topological polar surface area (TPSA) is 89.3 Å². The number of carbonyl (C=O) groups excluding carboxylic acids is 3. The van der Waals surface area contributed by atoms with E-state index in [2.05, 4.69) is 10.3 Å². The molecule has 3 aromatic rings. The van der Waals surface area contributed by atoms with Crippen molar-refractivity contribution >= 4 is 33.9 Å². The molecular formula is C18H13FN2O4S. The zero-order chi connectivity index (χ0) is 18.5. The number of thiazole rings is 1. The molecule has 0 aliphatic carbocycles. The zero-order valence-corrected chi connectivity index (χ0v) is 14.2. The van der Waals surface area contributed by atoms with Gasteiger partial charge in [0.05, 0.1) is 6.42 Å². The van der Waals surface area contributed by atoms with Crippen LogP contribution in [0.25, 0.3) is 0 Å². The summed E-state index contributed by atoms with van der Waals surface area (Å²) < 4.78 is 18.3. The van der Waals surface area contributed by atoms with E-state index in [0.717, 1.165) is 5.56 Å². The maximum atomic E-state index is 12.9. The molecule has 0 bridgehead atoms. The number of furan rings is 1. The maximum absolute atomic E-state index is 12.9. The third-order valence-electron chi connectivity index (χ3n) is 3.46. The standard InChI is InChI=1S/C18H13FN2O4S/c19-12-3-1-11(2-4-12)9-13-5-6-16(25-13)14(22)10-15(23)17(24)21-18-20-7-8-26-18/h1-8H,9-10H2,(H,20,21,24). The molecule has 1 amide bonds. The van der Waals surface area contributed by atoms with E-state index in [1.54, 1.807) is 23.6 Å². The second-order valence-electron chi connectivity index (χ2n) is 5.38. The molecule has 0 saturated heterocycles. The molecule has 0 saturated carbocycles. The summed E-state index contributed by atoms with van der Waals surface area (Å²) in [4.78, 5) is 39.5. The summed E-state index contributed by atoms with van der Waals surface area (Å²) >= 11 is 1.17. The number of rotatable bonds is 7. The van der Waals surface area contributed by atoms with Gasteiger partial charge in [0.1, 0.15) is 11.6 Å². The number of amides is 1. The Hall–Kier alpha value is -3.13. The fraction of sp³-hybridized carbons (Fsp3) is 0.111. The van der Waals surface area contributed by atoms with Crippen LogP contribution in [0.4, 0.5) is 9.52 Å². The Morgan fingerprint density at radius 2 is 1.88 bits per heavy atom. The first-order valence-electron chi connectivity index (χ1n) is 7.61. The highest BCUT2D eigenvalue weighted by Crippen LogP contribution is 2.16. The van der Waals surface area contributed by atoms with Crippen molar-refractivity contribution in [3.05, 3.63) is 70.9 Å². The second kappa shape index (κ2) is 7.83. The highest BCUT2D eigenvalue weighted by atomic mass is 32.1. The van der Waals surface area contributed by atoms with Crippen LogP contribution in [0.1, 0.15) is 28.3 Å². The van der Waals surface area contributed by atoms with E-state index in [1.165, 1.54) is 35.7 Å². The van der Waals surface area contributed by atoms with Crippen molar-refractivity contribution in [2.24, 2.45) is 0 Å². The third kappa shape index (κ3) is 4.48. The summed E-state index contributed by atoms with van der Waals surface area (Å²) in [5, 5.41) is 4.26. The summed E-state index contributed by atoms with van der Waals surface area (Å²) in [5.74, 6) is -2.20. The van der Waals surface area contributed by atoms with Crippen LogP contribution in [0.2, 0.25) is 0 Å². The van der Waals surface area contributed by atoms with E-state index in [1.807, 2.05) is 0 Å². The van der Waals surface area contributed by atoms with E-state index < -0.39 is 23.9 Å². The Balaban J connectivity index is 1.58.